The Labute approximate surface area is 103 Å². The van der Waals surface area contributed by atoms with Crippen molar-refractivity contribution in [2.45, 2.75) is 0 Å². The summed E-state index contributed by atoms with van der Waals surface area (Å²) in [5, 5.41) is 4.77. The Hall–Kier alpha value is -2.00. The molecule has 17 heavy (non-hydrogen) atoms. The van der Waals surface area contributed by atoms with E-state index in [2.05, 4.69) is 10.3 Å². The van der Waals surface area contributed by atoms with Crippen molar-refractivity contribution in [3.63, 3.8) is 0 Å². The van der Waals surface area contributed by atoms with Gasteiger partial charge in [0, 0.05) is 17.6 Å². The summed E-state index contributed by atoms with van der Waals surface area (Å²) in [6.07, 6.45) is 3.37. The van der Waals surface area contributed by atoms with E-state index in [1.807, 2.05) is 36.4 Å². The van der Waals surface area contributed by atoms with Crippen LogP contribution in [0.15, 0.2) is 53.3 Å². The van der Waals surface area contributed by atoms with Crippen LogP contribution in [0.2, 0.25) is 5.02 Å². The summed E-state index contributed by atoms with van der Waals surface area (Å²) in [4.78, 5) is 4.28. The molecule has 0 unspecified atom stereocenters. The maximum Gasteiger partial charge on any atom is 0.197 e. The van der Waals surface area contributed by atoms with Crippen molar-refractivity contribution in [2.24, 2.45) is 0 Å². The predicted octanol–water partition coefficient (Wildman–Crippen LogP) is 4.22. The third-order valence-corrected chi connectivity index (χ3v) is 2.82. The van der Waals surface area contributed by atoms with E-state index in [1.54, 1.807) is 12.5 Å². The second-order valence-corrected chi connectivity index (χ2v) is 4.00. The van der Waals surface area contributed by atoms with Gasteiger partial charge in [0.2, 0.25) is 0 Å². The minimum absolute atomic E-state index is 0.641. The molecule has 2 heterocycles. The van der Waals surface area contributed by atoms with Crippen LogP contribution in [0.4, 0.5) is 11.6 Å². The van der Waals surface area contributed by atoms with Gasteiger partial charge in [0.05, 0.1) is 22.5 Å². The first-order chi connectivity index (χ1) is 8.34. The van der Waals surface area contributed by atoms with Gasteiger partial charge in [0.15, 0.2) is 5.88 Å². The summed E-state index contributed by atoms with van der Waals surface area (Å²) in [6, 6.07) is 11.2. The number of hydrogen-bond acceptors (Lipinski definition) is 3. The molecule has 0 radical (unpaired) electrons. The standard InChI is InChI=1S/C13H9ClN2O/c14-10-5-6-11-9(3-1-7-15-11)13(10)16-12-4-2-8-17-12/h1-8,16H. The van der Waals surface area contributed by atoms with Gasteiger partial charge in [0.25, 0.3) is 0 Å². The van der Waals surface area contributed by atoms with Crippen LogP contribution in [0.3, 0.4) is 0 Å². The van der Waals surface area contributed by atoms with E-state index in [0.717, 1.165) is 16.6 Å². The fourth-order valence-electron chi connectivity index (χ4n) is 1.73. The van der Waals surface area contributed by atoms with Crippen LogP contribution in [0.5, 0.6) is 0 Å². The number of nitrogens with zero attached hydrogens (tertiary/aromatic N) is 1. The molecule has 0 aliphatic heterocycles. The van der Waals surface area contributed by atoms with Gasteiger partial charge in [-0.3, -0.25) is 4.98 Å². The highest BCUT2D eigenvalue weighted by Crippen LogP contribution is 2.32. The fraction of sp³-hybridized carbons (Fsp3) is 0. The number of rotatable bonds is 2. The van der Waals surface area contributed by atoms with Gasteiger partial charge in [-0.25, -0.2) is 0 Å². The van der Waals surface area contributed by atoms with Gasteiger partial charge in [-0.1, -0.05) is 11.6 Å². The Bertz CT molecular complexity index is 650. The Balaban J connectivity index is 2.17. The third-order valence-electron chi connectivity index (χ3n) is 2.50. The van der Waals surface area contributed by atoms with Crippen LogP contribution in [0.1, 0.15) is 0 Å². The molecule has 0 bridgehead atoms. The lowest BCUT2D eigenvalue weighted by atomic mass is 10.2. The lowest BCUT2D eigenvalue weighted by molar-refractivity contribution is 0.585. The lowest BCUT2D eigenvalue weighted by Crippen LogP contribution is -1.91. The Morgan fingerprint density at radius 2 is 2.06 bits per heavy atom. The molecule has 2 aromatic heterocycles. The minimum Gasteiger partial charge on any atom is -0.449 e. The van der Waals surface area contributed by atoms with Crippen LogP contribution in [0, 0.1) is 0 Å². The van der Waals surface area contributed by atoms with E-state index in [4.69, 9.17) is 16.0 Å². The highest BCUT2D eigenvalue weighted by Gasteiger charge is 2.07. The van der Waals surface area contributed by atoms with Gasteiger partial charge in [-0.2, -0.15) is 0 Å². The summed E-state index contributed by atoms with van der Waals surface area (Å²) in [5.74, 6) is 0.656. The van der Waals surface area contributed by atoms with Crippen LogP contribution >= 0.6 is 11.6 Å². The molecule has 0 saturated carbocycles. The number of fused-ring (bicyclic) bond motifs is 1. The molecule has 1 N–H and O–H groups in total. The van der Waals surface area contributed by atoms with Gasteiger partial charge >= 0.3 is 0 Å². The highest BCUT2D eigenvalue weighted by atomic mass is 35.5. The number of nitrogens with one attached hydrogen (secondary N) is 1. The molecule has 0 atom stereocenters. The molecule has 3 nitrogen and oxygen atoms in total. The molecule has 0 spiro atoms. The molecule has 4 heteroatoms. The summed E-state index contributed by atoms with van der Waals surface area (Å²) in [5.41, 5.74) is 1.71. The van der Waals surface area contributed by atoms with E-state index < -0.39 is 0 Å². The Morgan fingerprint density at radius 1 is 1.12 bits per heavy atom. The van der Waals surface area contributed by atoms with Crippen molar-refractivity contribution in [2.75, 3.05) is 5.32 Å². The zero-order chi connectivity index (χ0) is 11.7. The zero-order valence-electron chi connectivity index (χ0n) is 8.85. The number of hydrogen-bond donors (Lipinski definition) is 1. The van der Waals surface area contributed by atoms with Crippen LogP contribution in [-0.2, 0) is 0 Å². The largest absolute Gasteiger partial charge is 0.449 e. The zero-order valence-corrected chi connectivity index (χ0v) is 9.61. The second kappa shape index (κ2) is 4.11. The average Bonchev–Trinajstić information content (AvgIpc) is 2.86. The van der Waals surface area contributed by atoms with Gasteiger partial charge in [-0.05, 0) is 30.3 Å². The van der Waals surface area contributed by atoms with E-state index in [9.17, 15) is 0 Å². The number of halogens is 1. The van der Waals surface area contributed by atoms with Crippen molar-refractivity contribution in [3.05, 3.63) is 53.9 Å². The fourth-order valence-corrected chi connectivity index (χ4v) is 1.94. The van der Waals surface area contributed by atoms with Crippen molar-refractivity contribution in [1.29, 1.82) is 0 Å². The molecular weight excluding hydrogens is 236 g/mol. The Morgan fingerprint density at radius 3 is 2.88 bits per heavy atom. The first-order valence-corrected chi connectivity index (χ1v) is 5.56. The minimum atomic E-state index is 0.641. The van der Waals surface area contributed by atoms with Gasteiger partial charge in [-0.15, -0.1) is 0 Å². The van der Waals surface area contributed by atoms with E-state index in [-0.39, 0.29) is 0 Å². The number of anilines is 2. The van der Waals surface area contributed by atoms with Crippen LogP contribution in [-0.4, -0.2) is 4.98 Å². The monoisotopic (exact) mass is 244 g/mol. The maximum absolute atomic E-state index is 6.19. The molecule has 0 aliphatic carbocycles. The number of furan rings is 1. The summed E-state index contributed by atoms with van der Waals surface area (Å²) in [6.45, 7) is 0. The molecule has 0 fully saturated rings. The lowest BCUT2D eigenvalue weighted by Gasteiger charge is -2.08. The Kier molecular flexibility index (Phi) is 2.46. The van der Waals surface area contributed by atoms with Crippen LogP contribution < -0.4 is 5.32 Å². The number of benzene rings is 1. The number of pyridine rings is 1. The quantitative estimate of drug-likeness (QED) is 0.733. The highest BCUT2D eigenvalue weighted by molar-refractivity contribution is 6.35. The van der Waals surface area contributed by atoms with Crippen molar-refractivity contribution < 1.29 is 4.42 Å². The van der Waals surface area contributed by atoms with Crippen LogP contribution in [0.25, 0.3) is 10.9 Å². The second-order valence-electron chi connectivity index (χ2n) is 3.59. The molecule has 0 aliphatic rings. The molecule has 1 aromatic carbocycles. The average molecular weight is 245 g/mol. The molecule has 3 aromatic rings. The summed E-state index contributed by atoms with van der Waals surface area (Å²) < 4.78 is 5.25. The summed E-state index contributed by atoms with van der Waals surface area (Å²) in [7, 11) is 0. The molecule has 0 amide bonds. The SMILES string of the molecule is Clc1ccc2ncccc2c1Nc1ccco1. The van der Waals surface area contributed by atoms with E-state index in [1.165, 1.54) is 0 Å². The van der Waals surface area contributed by atoms with Crippen molar-refractivity contribution in [1.82, 2.24) is 4.98 Å². The van der Waals surface area contributed by atoms with Gasteiger partial charge < -0.3 is 9.73 Å². The first kappa shape index (κ1) is 10.2. The normalized spacial score (nSPS) is 10.6. The van der Waals surface area contributed by atoms with Crippen molar-refractivity contribution >= 4 is 34.1 Å². The first-order valence-electron chi connectivity index (χ1n) is 5.18. The molecule has 3 rings (SSSR count). The molecular formula is C13H9ClN2O. The predicted molar refractivity (Wildman–Crippen MR) is 68.7 cm³/mol. The smallest absolute Gasteiger partial charge is 0.197 e. The number of aromatic nitrogens is 1. The van der Waals surface area contributed by atoms with Crippen molar-refractivity contribution in [3.8, 4) is 0 Å². The maximum atomic E-state index is 6.19. The molecule has 0 saturated heterocycles. The molecule has 84 valence electrons. The van der Waals surface area contributed by atoms with Gasteiger partial charge in [0.1, 0.15) is 0 Å². The third kappa shape index (κ3) is 1.85. The topological polar surface area (TPSA) is 38.1 Å². The summed E-state index contributed by atoms with van der Waals surface area (Å²) >= 11 is 6.19. The van der Waals surface area contributed by atoms with E-state index in [0.29, 0.717) is 10.9 Å². The van der Waals surface area contributed by atoms with E-state index >= 15 is 0 Å².